The van der Waals surface area contributed by atoms with Crippen molar-refractivity contribution in [3.63, 3.8) is 0 Å². The monoisotopic (exact) mass is 279 g/mol. The molecular formula is C8H7BrClNO3. The van der Waals surface area contributed by atoms with Crippen LogP contribution in [0.4, 0.5) is 5.69 Å². The van der Waals surface area contributed by atoms with Gasteiger partial charge in [-0.05, 0) is 12.5 Å². The second-order valence-corrected chi connectivity index (χ2v) is 3.84. The highest BCUT2D eigenvalue weighted by molar-refractivity contribution is 9.10. The van der Waals surface area contributed by atoms with Crippen LogP contribution in [-0.4, -0.2) is 12.0 Å². The molecule has 0 saturated carbocycles. The van der Waals surface area contributed by atoms with Crippen LogP contribution in [0, 0.1) is 17.0 Å². The number of ether oxygens (including phenoxy) is 1. The average Bonchev–Trinajstić information content (AvgIpc) is 2.13. The maximum Gasteiger partial charge on any atom is 0.313 e. The fourth-order valence-electron chi connectivity index (χ4n) is 1.01. The van der Waals surface area contributed by atoms with E-state index in [1.807, 2.05) is 0 Å². The number of nitro benzene ring substituents is 1. The van der Waals surface area contributed by atoms with Gasteiger partial charge in [0.1, 0.15) is 0 Å². The van der Waals surface area contributed by atoms with Gasteiger partial charge in [0, 0.05) is 10.5 Å². The Labute approximate surface area is 94.1 Å². The first-order valence-corrected chi connectivity index (χ1v) is 4.83. The Kier molecular flexibility index (Phi) is 3.34. The van der Waals surface area contributed by atoms with Crippen molar-refractivity contribution in [3.8, 4) is 5.75 Å². The van der Waals surface area contributed by atoms with E-state index in [-0.39, 0.29) is 16.5 Å². The summed E-state index contributed by atoms with van der Waals surface area (Å²) in [4.78, 5) is 10.1. The Balaban J connectivity index is 3.51. The van der Waals surface area contributed by atoms with E-state index in [1.165, 1.54) is 13.2 Å². The van der Waals surface area contributed by atoms with Crippen molar-refractivity contribution >= 4 is 33.2 Å². The highest BCUT2D eigenvalue weighted by atomic mass is 79.9. The van der Waals surface area contributed by atoms with Gasteiger partial charge in [0.15, 0.2) is 0 Å². The normalized spacial score (nSPS) is 10.0. The molecule has 0 heterocycles. The minimum atomic E-state index is -0.533. The molecule has 0 spiro atoms. The lowest BCUT2D eigenvalue weighted by Crippen LogP contribution is -1.96. The van der Waals surface area contributed by atoms with Crippen molar-refractivity contribution in [2.45, 2.75) is 6.92 Å². The molecule has 0 saturated heterocycles. The zero-order chi connectivity index (χ0) is 10.9. The van der Waals surface area contributed by atoms with E-state index in [9.17, 15) is 10.1 Å². The van der Waals surface area contributed by atoms with Gasteiger partial charge in [0.25, 0.3) is 0 Å². The summed E-state index contributed by atoms with van der Waals surface area (Å²) in [5.41, 5.74) is 0.573. The average molecular weight is 281 g/mol. The Morgan fingerprint density at radius 3 is 2.64 bits per heavy atom. The summed E-state index contributed by atoms with van der Waals surface area (Å²) in [5.74, 6) is 0.0948. The number of nitro groups is 1. The summed E-state index contributed by atoms with van der Waals surface area (Å²) in [5, 5.41) is 10.9. The van der Waals surface area contributed by atoms with E-state index in [0.29, 0.717) is 10.0 Å². The van der Waals surface area contributed by atoms with Crippen LogP contribution in [-0.2, 0) is 0 Å². The van der Waals surface area contributed by atoms with E-state index in [4.69, 9.17) is 16.3 Å². The van der Waals surface area contributed by atoms with Crippen LogP contribution in [0.1, 0.15) is 5.56 Å². The van der Waals surface area contributed by atoms with Crippen LogP contribution in [0.2, 0.25) is 5.02 Å². The molecule has 1 aromatic carbocycles. The van der Waals surface area contributed by atoms with Crippen molar-refractivity contribution < 1.29 is 9.66 Å². The molecule has 14 heavy (non-hydrogen) atoms. The molecule has 0 unspecified atom stereocenters. The van der Waals surface area contributed by atoms with E-state index in [1.54, 1.807) is 6.92 Å². The van der Waals surface area contributed by atoms with E-state index in [0.717, 1.165) is 0 Å². The molecule has 0 N–H and O–H groups in total. The zero-order valence-corrected chi connectivity index (χ0v) is 9.85. The predicted octanol–water partition coefficient (Wildman–Crippen LogP) is 3.33. The van der Waals surface area contributed by atoms with Crippen LogP contribution in [0.15, 0.2) is 10.5 Å². The molecule has 0 atom stereocenters. The summed E-state index contributed by atoms with van der Waals surface area (Å²) in [6.07, 6.45) is 0. The van der Waals surface area contributed by atoms with Crippen LogP contribution >= 0.6 is 27.5 Å². The number of halogens is 2. The Bertz CT molecular complexity index is 395. The second-order valence-electron chi connectivity index (χ2n) is 2.61. The van der Waals surface area contributed by atoms with Crippen LogP contribution in [0.3, 0.4) is 0 Å². The summed E-state index contributed by atoms with van der Waals surface area (Å²) in [6.45, 7) is 1.75. The number of hydrogen-bond acceptors (Lipinski definition) is 3. The van der Waals surface area contributed by atoms with E-state index >= 15 is 0 Å². The molecule has 4 nitrogen and oxygen atoms in total. The number of benzene rings is 1. The summed E-state index contributed by atoms with van der Waals surface area (Å²) in [7, 11) is 1.35. The molecule has 1 rings (SSSR count). The third-order valence-corrected chi connectivity index (χ3v) is 3.06. The van der Waals surface area contributed by atoms with Gasteiger partial charge in [-0.2, -0.15) is 0 Å². The lowest BCUT2D eigenvalue weighted by Gasteiger charge is -2.07. The van der Waals surface area contributed by atoms with E-state index < -0.39 is 4.92 Å². The molecule has 76 valence electrons. The quantitative estimate of drug-likeness (QED) is 0.617. The SMILES string of the molecule is COc1c([N+](=O)[O-])cc(Br)c(C)c1Cl. The minimum absolute atomic E-state index is 0.0948. The standard InChI is InChI=1S/C8H7BrClNO3/c1-4-5(9)3-6(11(12)13)8(14-2)7(4)10/h3H,1-2H3. The van der Waals surface area contributed by atoms with Gasteiger partial charge in [-0.25, -0.2) is 0 Å². The summed E-state index contributed by atoms with van der Waals surface area (Å²) < 4.78 is 5.47. The first-order valence-electron chi connectivity index (χ1n) is 3.66. The zero-order valence-electron chi connectivity index (χ0n) is 7.51. The van der Waals surface area contributed by atoms with Gasteiger partial charge in [-0.1, -0.05) is 27.5 Å². The first-order chi connectivity index (χ1) is 6.49. The van der Waals surface area contributed by atoms with Crippen molar-refractivity contribution in [3.05, 3.63) is 31.2 Å². The van der Waals surface area contributed by atoms with Gasteiger partial charge in [-0.3, -0.25) is 10.1 Å². The molecule has 6 heteroatoms. The number of methoxy groups -OCH3 is 1. The van der Waals surface area contributed by atoms with Crippen LogP contribution in [0.5, 0.6) is 5.75 Å². The number of rotatable bonds is 2. The van der Waals surface area contributed by atoms with Crippen LogP contribution in [0.25, 0.3) is 0 Å². The second kappa shape index (κ2) is 4.14. The number of nitrogens with zero attached hydrogens (tertiary/aromatic N) is 1. The fraction of sp³-hybridized carbons (Fsp3) is 0.250. The first kappa shape index (κ1) is 11.3. The molecule has 0 fully saturated rings. The fourth-order valence-corrected chi connectivity index (χ4v) is 1.82. The Morgan fingerprint density at radius 1 is 1.64 bits per heavy atom. The molecular weight excluding hydrogens is 273 g/mol. The predicted molar refractivity (Wildman–Crippen MR) is 57.1 cm³/mol. The van der Waals surface area contributed by atoms with Crippen molar-refractivity contribution in [2.75, 3.05) is 7.11 Å². The highest BCUT2D eigenvalue weighted by Gasteiger charge is 2.21. The number of hydrogen-bond donors (Lipinski definition) is 0. The molecule has 0 aliphatic heterocycles. The van der Waals surface area contributed by atoms with Crippen molar-refractivity contribution in [1.29, 1.82) is 0 Å². The third-order valence-electron chi connectivity index (χ3n) is 1.78. The molecule has 0 aliphatic carbocycles. The maximum atomic E-state index is 10.6. The lowest BCUT2D eigenvalue weighted by atomic mass is 10.2. The Morgan fingerprint density at radius 2 is 2.21 bits per heavy atom. The minimum Gasteiger partial charge on any atom is -0.489 e. The molecule has 0 aliphatic rings. The van der Waals surface area contributed by atoms with Crippen molar-refractivity contribution in [2.24, 2.45) is 0 Å². The van der Waals surface area contributed by atoms with Gasteiger partial charge in [0.2, 0.25) is 5.75 Å². The van der Waals surface area contributed by atoms with Crippen LogP contribution < -0.4 is 4.74 Å². The van der Waals surface area contributed by atoms with E-state index in [2.05, 4.69) is 15.9 Å². The molecule has 0 amide bonds. The van der Waals surface area contributed by atoms with Gasteiger partial charge >= 0.3 is 5.69 Å². The smallest absolute Gasteiger partial charge is 0.313 e. The molecule has 0 bridgehead atoms. The molecule has 1 aromatic rings. The maximum absolute atomic E-state index is 10.6. The highest BCUT2D eigenvalue weighted by Crippen LogP contribution is 2.40. The van der Waals surface area contributed by atoms with Crippen molar-refractivity contribution in [1.82, 2.24) is 0 Å². The molecule has 0 aromatic heterocycles. The topological polar surface area (TPSA) is 52.4 Å². The lowest BCUT2D eigenvalue weighted by molar-refractivity contribution is -0.385. The third kappa shape index (κ3) is 1.83. The van der Waals surface area contributed by atoms with Gasteiger partial charge in [0.05, 0.1) is 17.1 Å². The molecule has 0 radical (unpaired) electrons. The Hall–Kier alpha value is -0.810. The van der Waals surface area contributed by atoms with Gasteiger partial charge < -0.3 is 4.74 Å². The largest absolute Gasteiger partial charge is 0.489 e. The van der Waals surface area contributed by atoms with Gasteiger partial charge in [-0.15, -0.1) is 0 Å². The summed E-state index contributed by atoms with van der Waals surface area (Å²) >= 11 is 9.07. The summed E-state index contributed by atoms with van der Waals surface area (Å²) in [6, 6.07) is 1.38.